The Kier molecular flexibility index (Phi) is 6.87. The number of nitrogens with one attached hydrogen (secondary N) is 2. The molecule has 0 fully saturated rings. The molecule has 0 saturated heterocycles. The van der Waals surface area contributed by atoms with Gasteiger partial charge < -0.3 is 15.4 Å². The highest BCUT2D eigenvalue weighted by molar-refractivity contribution is 5.32. The molecule has 68 valence electrons. The molecule has 1 rings (SSSR count). The summed E-state index contributed by atoms with van der Waals surface area (Å²) in [6.07, 6.45) is 4.57. The molecular weight excluding hydrogens is 158 g/mol. The molecule has 0 radical (unpaired) electrons. The van der Waals surface area contributed by atoms with E-state index in [4.69, 9.17) is 9.90 Å². The zero-order chi connectivity index (χ0) is 9.23. The van der Waals surface area contributed by atoms with Crippen molar-refractivity contribution in [3.8, 4) is 0 Å². The molecular formula is C7H13N3O2. The van der Waals surface area contributed by atoms with Gasteiger partial charge >= 0.3 is 0 Å². The fourth-order valence-electron chi connectivity index (χ4n) is 0.681. The van der Waals surface area contributed by atoms with Gasteiger partial charge in [0, 0.05) is 24.9 Å². The van der Waals surface area contributed by atoms with Crippen molar-refractivity contribution < 1.29 is 9.90 Å². The van der Waals surface area contributed by atoms with E-state index in [-0.39, 0.29) is 6.47 Å². The Balaban J connectivity index is 0.000000354. The van der Waals surface area contributed by atoms with Gasteiger partial charge in [-0.1, -0.05) is 0 Å². The summed E-state index contributed by atoms with van der Waals surface area (Å²) in [5, 5.41) is 9.95. The van der Waals surface area contributed by atoms with Crippen molar-refractivity contribution in [1.82, 2.24) is 15.3 Å². The molecule has 1 heterocycles. The van der Waals surface area contributed by atoms with E-state index in [1.807, 2.05) is 13.2 Å². The minimum atomic E-state index is -0.250. The van der Waals surface area contributed by atoms with Gasteiger partial charge in [0.25, 0.3) is 6.47 Å². The Morgan fingerprint density at radius 1 is 1.83 bits per heavy atom. The lowest BCUT2D eigenvalue weighted by molar-refractivity contribution is -0.122. The van der Waals surface area contributed by atoms with Crippen LogP contribution in [0.25, 0.3) is 0 Å². The summed E-state index contributed by atoms with van der Waals surface area (Å²) in [7, 11) is 1.94. The van der Waals surface area contributed by atoms with Crippen molar-refractivity contribution in [2.24, 2.45) is 0 Å². The summed E-state index contributed by atoms with van der Waals surface area (Å²) in [4.78, 5) is 15.3. The molecule has 3 N–H and O–H groups in total. The summed E-state index contributed by atoms with van der Waals surface area (Å²) in [5.41, 5.74) is 1.18. The Hall–Kier alpha value is -1.36. The Bertz CT molecular complexity index is 187. The van der Waals surface area contributed by atoms with Gasteiger partial charge in [0.2, 0.25) is 0 Å². The highest BCUT2D eigenvalue weighted by Gasteiger charge is 1.89. The van der Waals surface area contributed by atoms with Crippen LogP contribution in [0.5, 0.6) is 0 Å². The van der Waals surface area contributed by atoms with Crippen LogP contribution in [0.15, 0.2) is 12.5 Å². The molecule has 0 spiro atoms. The van der Waals surface area contributed by atoms with Crippen molar-refractivity contribution in [2.45, 2.75) is 6.42 Å². The Labute approximate surface area is 70.8 Å². The van der Waals surface area contributed by atoms with E-state index in [0.717, 1.165) is 13.0 Å². The van der Waals surface area contributed by atoms with E-state index in [9.17, 15) is 0 Å². The maximum absolute atomic E-state index is 8.36. The number of likely N-dealkylation sites (N-methyl/N-ethyl adjacent to an activating group) is 1. The van der Waals surface area contributed by atoms with Crippen LogP contribution in [0, 0.1) is 0 Å². The quantitative estimate of drug-likeness (QED) is 0.554. The first kappa shape index (κ1) is 10.6. The van der Waals surface area contributed by atoms with Gasteiger partial charge in [-0.3, -0.25) is 4.79 Å². The number of carboxylic acid groups (broad SMARTS) is 1. The molecule has 1 aromatic rings. The van der Waals surface area contributed by atoms with E-state index in [1.54, 1.807) is 6.33 Å². The maximum atomic E-state index is 8.36. The summed E-state index contributed by atoms with van der Waals surface area (Å²) >= 11 is 0. The average molecular weight is 171 g/mol. The number of aromatic amines is 1. The van der Waals surface area contributed by atoms with E-state index < -0.39 is 0 Å². The first-order chi connectivity index (χ1) is 5.85. The Morgan fingerprint density at radius 2 is 2.50 bits per heavy atom. The Morgan fingerprint density at radius 3 is 2.92 bits per heavy atom. The van der Waals surface area contributed by atoms with Crippen molar-refractivity contribution in [3.05, 3.63) is 18.2 Å². The molecule has 0 saturated carbocycles. The number of H-pyrrole nitrogens is 1. The summed E-state index contributed by atoms with van der Waals surface area (Å²) in [6, 6.07) is 0. The molecule has 0 amide bonds. The minimum absolute atomic E-state index is 0.250. The maximum Gasteiger partial charge on any atom is 0.290 e. The van der Waals surface area contributed by atoms with Crippen LogP contribution in [0.3, 0.4) is 0 Å². The number of rotatable bonds is 3. The molecule has 1 aromatic heterocycles. The predicted octanol–water partition coefficient (Wildman–Crippen LogP) is -0.128. The van der Waals surface area contributed by atoms with Gasteiger partial charge in [-0.25, -0.2) is 4.98 Å². The number of aromatic nitrogens is 2. The summed E-state index contributed by atoms with van der Waals surface area (Å²) in [6.45, 7) is 0.752. The van der Waals surface area contributed by atoms with Crippen molar-refractivity contribution in [1.29, 1.82) is 0 Å². The molecule has 0 aliphatic rings. The topological polar surface area (TPSA) is 78.0 Å². The van der Waals surface area contributed by atoms with Gasteiger partial charge in [-0.05, 0) is 7.05 Å². The molecule has 5 heteroatoms. The molecule has 0 aliphatic heterocycles. The summed E-state index contributed by atoms with van der Waals surface area (Å²) < 4.78 is 0. The van der Waals surface area contributed by atoms with Crippen LogP contribution in [0.2, 0.25) is 0 Å². The van der Waals surface area contributed by atoms with Gasteiger partial charge in [0.05, 0.1) is 6.33 Å². The normalized spacial score (nSPS) is 8.42. The lowest BCUT2D eigenvalue weighted by Gasteiger charge is -1.93. The van der Waals surface area contributed by atoms with Crippen LogP contribution in [0.4, 0.5) is 0 Å². The number of imidazole rings is 1. The van der Waals surface area contributed by atoms with E-state index in [1.165, 1.54) is 5.69 Å². The molecule has 5 nitrogen and oxygen atoms in total. The van der Waals surface area contributed by atoms with Gasteiger partial charge in [0.1, 0.15) is 0 Å². The minimum Gasteiger partial charge on any atom is -0.483 e. The zero-order valence-electron chi connectivity index (χ0n) is 6.95. The van der Waals surface area contributed by atoms with Crippen LogP contribution in [0.1, 0.15) is 5.69 Å². The van der Waals surface area contributed by atoms with Gasteiger partial charge in [-0.15, -0.1) is 0 Å². The average Bonchev–Trinajstić information content (AvgIpc) is 2.54. The van der Waals surface area contributed by atoms with Gasteiger partial charge in [0.15, 0.2) is 0 Å². The molecule has 0 atom stereocenters. The SMILES string of the molecule is CNCCc1cnc[nH]1.O=CO. The van der Waals surface area contributed by atoms with Crippen LogP contribution in [-0.4, -0.2) is 35.1 Å². The zero-order valence-corrected chi connectivity index (χ0v) is 6.95. The third kappa shape index (κ3) is 5.43. The van der Waals surface area contributed by atoms with Crippen molar-refractivity contribution >= 4 is 6.47 Å². The van der Waals surface area contributed by atoms with Crippen LogP contribution >= 0.6 is 0 Å². The van der Waals surface area contributed by atoms with Gasteiger partial charge in [-0.2, -0.15) is 0 Å². The van der Waals surface area contributed by atoms with Crippen LogP contribution < -0.4 is 5.32 Å². The predicted molar refractivity (Wildman–Crippen MR) is 44.9 cm³/mol. The number of hydrogen-bond donors (Lipinski definition) is 3. The monoisotopic (exact) mass is 171 g/mol. The van der Waals surface area contributed by atoms with Crippen molar-refractivity contribution in [2.75, 3.05) is 13.6 Å². The highest BCUT2D eigenvalue weighted by Crippen LogP contribution is 1.89. The number of nitrogens with zero attached hydrogens (tertiary/aromatic N) is 1. The molecule has 0 unspecified atom stereocenters. The van der Waals surface area contributed by atoms with E-state index >= 15 is 0 Å². The lowest BCUT2D eigenvalue weighted by atomic mass is 10.3. The molecule has 0 bridgehead atoms. The number of carbonyl (C=O) groups is 1. The first-order valence-corrected chi connectivity index (χ1v) is 3.54. The standard InChI is InChI=1S/C6H11N3.CH2O2/c1-7-3-2-6-4-8-5-9-6;2-1-3/h4-5,7H,2-3H2,1H3,(H,8,9);1H,(H,2,3). The van der Waals surface area contributed by atoms with Crippen molar-refractivity contribution in [3.63, 3.8) is 0 Å². The third-order valence-corrected chi connectivity index (χ3v) is 1.20. The lowest BCUT2D eigenvalue weighted by Crippen LogP contribution is -2.10. The highest BCUT2D eigenvalue weighted by atomic mass is 16.3. The second-order valence-corrected chi connectivity index (χ2v) is 2.04. The fraction of sp³-hybridized carbons (Fsp3) is 0.429. The molecule has 0 aromatic carbocycles. The smallest absolute Gasteiger partial charge is 0.290 e. The third-order valence-electron chi connectivity index (χ3n) is 1.20. The van der Waals surface area contributed by atoms with Crippen LogP contribution in [-0.2, 0) is 11.2 Å². The fourth-order valence-corrected chi connectivity index (χ4v) is 0.681. The molecule has 0 aliphatic carbocycles. The van der Waals surface area contributed by atoms with E-state index in [2.05, 4.69) is 15.3 Å². The number of hydrogen-bond acceptors (Lipinski definition) is 3. The second-order valence-electron chi connectivity index (χ2n) is 2.04. The first-order valence-electron chi connectivity index (χ1n) is 3.54. The van der Waals surface area contributed by atoms with E-state index in [0.29, 0.717) is 0 Å². The second kappa shape index (κ2) is 7.74. The molecule has 12 heavy (non-hydrogen) atoms. The summed E-state index contributed by atoms with van der Waals surface area (Å²) in [5.74, 6) is 0. The largest absolute Gasteiger partial charge is 0.483 e.